The van der Waals surface area contributed by atoms with E-state index in [0.717, 1.165) is 12.2 Å². The van der Waals surface area contributed by atoms with E-state index >= 15 is 0 Å². The SMILES string of the molecule is CC1Cc2cc(C(Cl)C3(C)CCCCC3)ccc2O1. The van der Waals surface area contributed by atoms with Gasteiger partial charge in [-0.1, -0.05) is 38.3 Å². The summed E-state index contributed by atoms with van der Waals surface area (Å²) in [4.78, 5) is 0. The summed E-state index contributed by atoms with van der Waals surface area (Å²) in [7, 11) is 0. The Balaban J connectivity index is 1.84. The summed E-state index contributed by atoms with van der Waals surface area (Å²) in [6, 6.07) is 6.54. The van der Waals surface area contributed by atoms with Gasteiger partial charge in [0.15, 0.2) is 0 Å². The van der Waals surface area contributed by atoms with E-state index < -0.39 is 0 Å². The normalized spacial score (nSPS) is 26.6. The number of rotatable bonds is 2. The molecule has 1 aliphatic heterocycles. The Morgan fingerprint density at radius 3 is 2.74 bits per heavy atom. The maximum atomic E-state index is 6.82. The van der Waals surface area contributed by atoms with Crippen LogP contribution >= 0.6 is 11.6 Å². The summed E-state index contributed by atoms with van der Waals surface area (Å²) in [5.74, 6) is 1.05. The van der Waals surface area contributed by atoms with Crippen LogP contribution in [0, 0.1) is 5.41 Å². The van der Waals surface area contributed by atoms with Crippen LogP contribution in [0.1, 0.15) is 62.5 Å². The molecule has 0 spiro atoms. The van der Waals surface area contributed by atoms with E-state index in [0.29, 0.717) is 6.10 Å². The molecule has 1 fully saturated rings. The van der Waals surface area contributed by atoms with Crippen LogP contribution in [0.15, 0.2) is 18.2 Å². The van der Waals surface area contributed by atoms with Gasteiger partial charge >= 0.3 is 0 Å². The van der Waals surface area contributed by atoms with E-state index in [4.69, 9.17) is 16.3 Å². The number of hydrogen-bond donors (Lipinski definition) is 0. The molecule has 2 atom stereocenters. The van der Waals surface area contributed by atoms with Gasteiger partial charge in [0.2, 0.25) is 0 Å². The monoisotopic (exact) mass is 278 g/mol. The highest BCUT2D eigenvalue weighted by atomic mass is 35.5. The van der Waals surface area contributed by atoms with E-state index in [2.05, 4.69) is 32.0 Å². The molecule has 0 bridgehead atoms. The van der Waals surface area contributed by atoms with Crippen molar-refractivity contribution in [2.75, 3.05) is 0 Å². The third kappa shape index (κ3) is 2.50. The van der Waals surface area contributed by atoms with Gasteiger partial charge in [-0.2, -0.15) is 0 Å². The minimum atomic E-state index is 0.133. The zero-order valence-corrected chi connectivity index (χ0v) is 12.7. The third-order valence-electron chi connectivity index (χ3n) is 4.82. The summed E-state index contributed by atoms with van der Waals surface area (Å²) in [5, 5.41) is 0.133. The molecule has 2 unspecified atom stereocenters. The predicted octanol–water partition coefficient (Wildman–Crippen LogP) is 5.26. The molecule has 104 valence electrons. The predicted molar refractivity (Wildman–Crippen MR) is 80.0 cm³/mol. The summed E-state index contributed by atoms with van der Waals surface area (Å²) >= 11 is 6.82. The highest BCUT2D eigenvalue weighted by Crippen LogP contribution is 2.49. The second-order valence-electron chi connectivity index (χ2n) is 6.58. The van der Waals surface area contributed by atoms with Crippen molar-refractivity contribution >= 4 is 11.6 Å². The first kappa shape index (κ1) is 13.3. The molecule has 0 radical (unpaired) electrons. The number of hydrogen-bond acceptors (Lipinski definition) is 1. The third-order valence-corrected chi connectivity index (χ3v) is 5.60. The van der Waals surface area contributed by atoms with Crippen molar-refractivity contribution in [2.24, 2.45) is 5.41 Å². The smallest absolute Gasteiger partial charge is 0.123 e. The van der Waals surface area contributed by atoms with Crippen LogP contribution in [0.4, 0.5) is 0 Å². The van der Waals surface area contributed by atoms with Gasteiger partial charge in [-0.3, -0.25) is 0 Å². The molecule has 1 nitrogen and oxygen atoms in total. The number of alkyl halides is 1. The Bertz CT molecular complexity index is 462. The van der Waals surface area contributed by atoms with Crippen molar-refractivity contribution in [1.82, 2.24) is 0 Å². The average Bonchev–Trinajstić information content (AvgIpc) is 2.77. The zero-order valence-electron chi connectivity index (χ0n) is 11.9. The van der Waals surface area contributed by atoms with Crippen molar-refractivity contribution in [1.29, 1.82) is 0 Å². The fourth-order valence-electron chi connectivity index (χ4n) is 3.61. The lowest BCUT2D eigenvalue weighted by Crippen LogP contribution is -2.25. The fourth-order valence-corrected chi connectivity index (χ4v) is 3.97. The van der Waals surface area contributed by atoms with Gasteiger partial charge in [0.25, 0.3) is 0 Å². The molecule has 0 aromatic heterocycles. The molecule has 1 saturated carbocycles. The highest BCUT2D eigenvalue weighted by molar-refractivity contribution is 6.21. The molecule has 3 rings (SSSR count). The van der Waals surface area contributed by atoms with Gasteiger partial charge in [0, 0.05) is 6.42 Å². The Morgan fingerprint density at radius 1 is 1.26 bits per heavy atom. The van der Waals surface area contributed by atoms with Crippen LogP contribution in [-0.2, 0) is 6.42 Å². The van der Waals surface area contributed by atoms with E-state index in [9.17, 15) is 0 Å². The molecule has 2 heteroatoms. The van der Waals surface area contributed by atoms with Gasteiger partial charge in [0.05, 0.1) is 5.38 Å². The summed E-state index contributed by atoms with van der Waals surface area (Å²) in [6.07, 6.45) is 7.86. The Hall–Kier alpha value is -0.690. The van der Waals surface area contributed by atoms with Crippen LogP contribution < -0.4 is 4.74 Å². The molecule has 19 heavy (non-hydrogen) atoms. The largest absolute Gasteiger partial charge is 0.490 e. The molecule has 0 amide bonds. The lowest BCUT2D eigenvalue weighted by Gasteiger charge is -2.38. The summed E-state index contributed by atoms with van der Waals surface area (Å²) in [6.45, 7) is 4.48. The summed E-state index contributed by atoms with van der Waals surface area (Å²) in [5.41, 5.74) is 2.87. The van der Waals surface area contributed by atoms with Gasteiger partial charge < -0.3 is 4.74 Å². The topological polar surface area (TPSA) is 9.23 Å². The van der Waals surface area contributed by atoms with E-state index in [1.807, 2.05) is 0 Å². The van der Waals surface area contributed by atoms with Gasteiger partial charge in [-0.15, -0.1) is 11.6 Å². The highest BCUT2D eigenvalue weighted by Gasteiger charge is 2.35. The standard InChI is InChI=1S/C17H23ClO/c1-12-10-14-11-13(6-7-15(14)19-12)16(18)17(2)8-4-3-5-9-17/h6-7,11-12,16H,3-5,8-10H2,1-2H3. The molecule has 1 aromatic carbocycles. The Labute approximate surface area is 121 Å². The first-order chi connectivity index (χ1) is 9.08. The summed E-state index contributed by atoms with van der Waals surface area (Å²) < 4.78 is 5.77. The first-order valence-electron chi connectivity index (χ1n) is 7.52. The van der Waals surface area contributed by atoms with Crippen molar-refractivity contribution in [3.63, 3.8) is 0 Å². The number of halogens is 1. The van der Waals surface area contributed by atoms with Gasteiger partial charge in [0.1, 0.15) is 11.9 Å². The zero-order chi connectivity index (χ0) is 13.5. The minimum Gasteiger partial charge on any atom is -0.490 e. The van der Waals surface area contributed by atoms with E-state index in [1.54, 1.807) is 0 Å². The average molecular weight is 279 g/mol. The van der Waals surface area contributed by atoms with Crippen LogP contribution in [0.3, 0.4) is 0 Å². The fraction of sp³-hybridized carbons (Fsp3) is 0.647. The van der Waals surface area contributed by atoms with Crippen LogP contribution in [0.25, 0.3) is 0 Å². The molecule has 0 saturated heterocycles. The van der Waals surface area contributed by atoms with Crippen molar-refractivity contribution < 1.29 is 4.74 Å². The van der Waals surface area contributed by atoms with Crippen LogP contribution in [0.5, 0.6) is 5.75 Å². The second-order valence-corrected chi connectivity index (χ2v) is 7.01. The number of fused-ring (bicyclic) bond motifs is 1. The lowest BCUT2D eigenvalue weighted by atomic mass is 9.71. The molecule has 1 aromatic rings. The van der Waals surface area contributed by atoms with E-state index in [1.165, 1.54) is 43.2 Å². The maximum Gasteiger partial charge on any atom is 0.123 e. The molecule has 0 N–H and O–H groups in total. The van der Waals surface area contributed by atoms with Crippen LogP contribution in [0.2, 0.25) is 0 Å². The molecule has 2 aliphatic rings. The van der Waals surface area contributed by atoms with Crippen molar-refractivity contribution in [2.45, 2.75) is 63.9 Å². The van der Waals surface area contributed by atoms with Crippen LogP contribution in [-0.4, -0.2) is 6.10 Å². The Morgan fingerprint density at radius 2 is 2.00 bits per heavy atom. The number of benzene rings is 1. The van der Waals surface area contributed by atoms with E-state index in [-0.39, 0.29) is 10.8 Å². The first-order valence-corrected chi connectivity index (χ1v) is 7.96. The second kappa shape index (κ2) is 5.01. The molecular weight excluding hydrogens is 256 g/mol. The van der Waals surface area contributed by atoms with Crippen molar-refractivity contribution in [3.05, 3.63) is 29.3 Å². The van der Waals surface area contributed by atoms with Crippen molar-refractivity contribution in [3.8, 4) is 5.75 Å². The quantitative estimate of drug-likeness (QED) is 0.671. The maximum absolute atomic E-state index is 6.82. The van der Waals surface area contributed by atoms with Gasteiger partial charge in [-0.05, 0) is 42.4 Å². The molecule has 1 heterocycles. The van der Waals surface area contributed by atoms with Gasteiger partial charge in [-0.25, -0.2) is 0 Å². The lowest BCUT2D eigenvalue weighted by molar-refractivity contribution is 0.206. The molecular formula is C17H23ClO. The minimum absolute atomic E-state index is 0.133. The molecule has 1 aliphatic carbocycles. The Kier molecular flexibility index (Phi) is 3.51. The number of ether oxygens (including phenoxy) is 1.